The number of anilines is 1. The SMILES string of the molecule is O=C(c1ccccc1)c1ccc(NC(=O)[C@H]2CC[C@]3(CC2)OC(=O)c2cc[n+]([O-])cc23)cc1. The maximum atomic E-state index is 12.8. The number of pyridine rings is 1. The Hall–Kier alpha value is -4.00. The van der Waals surface area contributed by atoms with Crippen molar-refractivity contribution in [2.45, 2.75) is 31.3 Å². The molecular formula is C26H22N2O5. The van der Waals surface area contributed by atoms with Gasteiger partial charge in [0.15, 0.2) is 18.2 Å². The highest BCUT2D eigenvalue weighted by Crippen LogP contribution is 2.47. The molecule has 1 N–H and O–H groups in total. The van der Waals surface area contributed by atoms with Crippen LogP contribution in [0, 0.1) is 11.1 Å². The topological polar surface area (TPSA) is 99.4 Å². The van der Waals surface area contributed by atoms with Gasteiger partial charge in [-0.15, -0.1) is 0 Å². The highest BCUT2D eigenvalue weighted by atomic mass is 16.6. The largest absolute Gasteiger partial charge is 0.619 e. The number of hydrogen-bond donors (Lipinski definition) is 1. The fourth-order valence-corrected chi connectivity index (χ4v) is 4.73. The summed E-state index contributed by atoms with van der Waals surface area (Å²) in [4.78, 5) is 37.6. The monoisotopic (exact) mass is 442 g/mol. The normalized spacial score (nSPS) is 21.3. The van der Waals surface area contributed by atoms with Crippen molar-refractivity contribution in [3.8, 4) is 0 Å². The van der Waals surface area contributed by atoms with E-state index in [2.05, 4.69) is 5.32 Å². The molecule has 3 aromatic rings. The first kappa shape index (κ1) is 20.9. The second-order valence-corrected chi connectivity index (χ2v) is 8.55. The van der Waals surface area contributed by atoms with Crippen molar-refractivity contribution >= 4 is 23.3 Å². The number of aromatic nitrogens is 1. The predicted molar refractivity (Wildman–Crippen MR) is 119 cm³/mol. The molecule has 1 aliphatic heterocycles. The molecule has 2 aliphatic rings. The number of carbonyl (C=O) groups is 3. The number of carbonyl (C=O) groups excluding carboxylic acids is 3. The molecule has 0 radical (unpaired) electrons. The number of hydrogen-bond acceptors (Lipinski definition) is 5. The van der Waals surface area contributed by atoms with E-state index in [1.807, 2.05) is 18.2 Å². The fourth-order valence-electron chi connectivity index (χ4n) is 4.73. The zero-order valence-corrected chi connectivity index (χ0v) is 17.8. The van der Waals surface area contributed by atoms with Crippen LogP contribution in [0.3, 0.4) is 0 Å². The highest BCUT2D eigenvalue weighted by Gasteiger charge is 2.50. The van der Waals surface area contributed by atoms with Crippen molar-refractivity contribution in [2.75, 3.05) is 5.32 Å². The van der Waals surface area contributed by atoms with Crippen molar-refractivity contribution in [3.63, 3.8) is 0 Å². The van der Waals surface area contributed by atoms with Crippen molar-refractivity contribution in [2.24, 2.45) is 5.92 Å². The first-order valence-electron chi connectivity index (χ1n) is 10.9. The number of nitrogens with zero attached hydrogens (tertiary/aromatic N) is 1. The summed E-state index contributed by atoms with van der Waals surface area (Å²) in [7, 11) is 0. The van der Waals surface area contributed by atoms with Crippen molar-refractivity contribution in [1.82, 2.24) is 0 Å². The minimum atomic E-state index is -0.823. The predicted octanol–water partition coefficient (Wildman–Crippen LogP) is 3.75. The van der Waals surface area contributed by atoms with Gasteiger partial charge in [-0.25, -0.2) is 4.79 Å². The van der Waals surface area contributed by atoms with Crippen LogP contribution in [0.1, 0.15) is 57.5 Å². The molecule has 0 atom stereocenters. The quantitative estimate of drug-likeness (QED) is 0.287. The number of nitrogens with one attached hydrogen (secondary N) is 1. The molecule has 1 aromatic heterocycles. The molecule has 1 aliphatic carbocycles. The molecule has 1 fully saturated rings. The van der Waals surface area contributed by atoms with Crippen LogP contribution in [0.2, 0.25) is 0 Å². The summed E-state index contributed by atoms with van der Waals surface area (Å²) in [5, 5.41) is 14.7. The molecular weight excluding hydrogens is 420 g/mol. The molecule has 0 unspecified atom stereocenters. The lowest BCUT2D eigenvalue weighted by Gasteiger charge is -2.35. The van der Waals surface area contributed by atoms with Gasteiger partial charge >= 0.3 is 5.97 Å². The lowest BCUT2D eigenvalue weighted by atomic mass is 9.75. The molecule has 0 bridgehead atoms. The molecule has 1 saturated carbocycles. The molecule has 33 heavy (non-hydrogen) atoms. The number of esters is 1. The van der Waals surface area contributed by atoms with Gasteiger partial charge in [-0.05, 0) is 49.9 Å². The smallest absolute Gasteiger partial charge is 0.339 e. The van der Waals surface area contributed by atoms with E-state index < -0.39 is 11.6 Å². The molecule has 1 spiro atoms. The summed E-state index contributed by atoms with van der Waals surface area (Å²) in [6.07, 6.45) is 4.74. The number of ketones is 1. The van der Waals surface area contributed by atoms with Gasteiger partial charge in [-0.1, -0.05) is 30.3 Å². The third-order valence-electron chi connectivity index (χ3n) is 6.55. The molecule has 0 saturated heterocycles. The van der Waals surface area contributed by atoms with E-state index in [0.717, 1.165) is 0 Å². The summed E-state index contributed by atoms with van der Waals surface area (Å²) in [6.45, 7) is 0. The summed E-state index contributed by atoms with van der Waals surface area (Å²) < 4.78 is 6.35. The fraction of sp³-hybridized carbons (Fsp3) is 0.231. The number of rotatable bonds is 4. The van der Waals surface area contributed by atoms with Crippen LogP contribution in [0.25, 0.3) is 0 Å². The van der Waals surface area contributed by atoms with Crippen molar-refractivity contribution in [3.05, 3.63) is 101 Å². The van der Waals surface area contributed by atoms with Crippen LogP contribution in [0.5, 0.6) is 0 Å². The van der Waals surface area contributed by atoms with Crippen LogP contribution in [0.4, 0.5) is 5.69 Å². The lowest BCUT2D eigenvalue weighted by molar-refractivity contribution is -0.606. The van der Waals surface area contributed by atoms with E-state index in [0.29, 0.717) is 58.4 Å². The molecule has 7 nitrogen and oxygen atoms in total. The van der Waals surface area contributed by atoms with Gasteiger partial charge in [0.1, 0.15) is 5.60 Å². The molecule has 7 heteroatoms. The zero-order chi connectivity index (χ0) is 23.0. The zero-order valence-electron chi connectivity index (χ0n) is 17.8. The van der Waals surface area contributed by atoms with Crippen LogP contribution in [-0.2, 0) is 15.1 Å². The van der Waals surface area contributed by atoms with E-state index in [4.69, 9.17) is 4.74 Å². The minimum absolute atomic E-state index is 0.0724. The van der Waals surface area contributed by atoms with E-state index in [9.17, 15) is 19.6 Å². The first-order valence-corrected chi connectivity index (χ1v) is 10.9. The summed E-state index contributed by atoms with van der Waals surface area (Å²) in [6, 6.07) is 17.4. The summed E-state index contributed by atoms with van der Waals surface area (Å²) in [5.41, 5.74) is 2.00. The van der Waals surface area contributed by atoms with Gasteiger partial charge in [0, 0.05) is 28.8 Å². The van der Waals surface area contributed by atoms with E-state index in [-0.39, 0.29) is 17.6 Å². The Morgan fingerprint density at radius 2 is 1.64 bits per heavy atom. The van der Waals surface area contributed by atoms with E-state index in [1.54, 1.807) is 36.4 Å². The van der Waals surface area contributed by atoms with Crippen LogP contribution in [0.15, 0.2) is 73.1 Å². The van der Waals surface area contributed by atoms with Crippen molar-refractivity contribution in [1.29, 1.82) is 0 Å². The second-order valence-electron chi connectivity index (χ2n) is 8.55. The molecule has 166 valence electrons. The maximum Gasteiger partial charge on any atom is 0.339 e. The van der Waals surface area contributed by atoms with Gasteiger partial charge in [0.25, 0.3) is 0 Å². The Bertz CT molecular complexity index is 1230. The van der Waals surface area contributed by atoms with E-state index >= 15 is 0 Å². The summed E-state index contributed by atoms with van der Waals surface area (Å²) in [5.74, 6) is -0.828. The van der Waals surface area contributed by atoms with Gasteiger partial charge in [0.05, 0.1) is 11.1 Å². The molecule has 1 amide bonds. The Morgan fingerprint density at radius 1 is 0.970 bits per heavy atom. The Morgan fingerprint density at radius 3 is 2.33 bits per heavy atom. The highest BCUT2D eigenvalue weighted by molar-refractivity contribution is 6.09. The van der Waals surface area contributed by atoms with Gasteiger partial charge in [-0.3, -0.25) is 9.59 Å². The van der Waals surface area contributed by atoms with Gasteiger partial charge in [-0.2, -0.15) is 4.73 Å². The third kappa shape index (κ3) is 3.86. The van der Waals surface area contributed by atoms with Gasteiger partial charge < -0.3 is 15.3 Å². The van der Waals surface area contributed by atoms with Crippen LogP contribution < -0.4 is 10.0 Å². The molecule has 2 heterocycles. The third-order valence-corrected chi connectivity index (χ3v) is 6.55. The molecule has 2 aromatic carbocycles. The Labute approximate surface area is 190 Å². The van der Waals surface area contributed by atoms with Crippen molar-refractivity contribution < 1.29 is 23.9 Å². The first-order chi connectivity index (χ1) is 15.9. The summed E-state index contributed by atoms with van der Waals surface area (Å²) >= 11 is 0. The standard InChI is InChI=1S/C26H22N2O5/c29-23(17-4-2-1-3-5-17)18-6-8-20(9-7-18)27-24(30)19-10-13-26(14-11-19)22-16-28(32)15-12-21(22)25(31)33-26/h1-9,12,15-16,19H,10-11,13-14H2,(H,27,30)/t19-,26+. The number of benzene rings is 2. The second kappa shape index (κ2) is 8.16. The average Bonchev–Trinajstić information content (AvgIpc) is 3.10. The maximum absolute atomic E-state index is 12.8. The number of fused-ring (bicyclic) bond motifs is 2. The minimum Gasteiger partial charge on any atom is -0.619 e. The number of amides is 1. The van der Waals surface area contributed by atoms with Crippen LogP contribution in [-0.4, -0.2) is 17.7 Å². The number of ether oxygens (including phenoxy) is 1. The van der Waals surface area contributed by atoms with Crippen LogP contribution >= 0.6 is 0 Å². The Kier molecular flexibility index (Phi) is 5.17. The molecule has 5 rings (SSSR count). The lowest BCUT2D eigenvalue weighted by Crippen LogP contribution is -2.37. The van der Waals surface area contributed by atoms with E-state index in [1.165, 1.54) is 18.5 Å². The average molecular weight is 442 g/mol. The van der Waals surface area contributed by atoms with Gasteiger partial charge in [0.2, 0.25) is 5.91 Å². The Balaban J connectivity index is 1.22.